The number of hydrogen-bond donors (Lipinski definition) is 1. The van der Waals surface area contributed by atoms with E-state index >= 15 is 0 Å². The van der Waals surface area contributed by atoms with Gasteiger partial charge in [0.2, 0.25) is 0 Å². The molecule has 0 radical (unpaired) electrons. The topological polar surface area (TPSA) is 15.8 Å². The maximum absolute atomic E-state index is 13.4. The zero-order valence-electron chi connectivity index (χ0n) is 10.4. The molecule has 1 nitrogen and oxygen atoms in total. The Kier molecular flexibility index (Phi) is 3.17. The first-order chi connectivity index (χ1) is 9.88. The highest BCUT2D eigenvalue weighted by Crippen LogP contribution is 2.42. The number of rotatable bonds is 1. The Morgan fingerprint density at radius 3 is 2.43 bits per heavy atom. The van der Waals surface area contributed by atoms with Crippen molar-refractivity contribution in [3.8, 4) is 11.1 Å². The summed E-state index contributed by atoms with van der Waals surface area (Å²) in [6, 6.07) is 8.91. The third-order valence-electron chi connectivity index (χ3n) is 3.22. The molecule has 0 spiro atoms. The predicted octanol–water partition coefficient (Wildman–Crippen LogP) is 5.65. The molecule has 0 aliphatic rings. The van der Waals surface area contributed by atoms with E-state index in [-0.39, 0.29) is 16.3 Å². The van der Waals surface area contributed by atoms with Crippen LogP contribution < -0.4 is 0 Å². The Morgan fingerprint density at radius 2 is 1.71 bits per heavy atom. The highest BCUT2D eigenvalue weighted by atomic mass is 35.5. The Labute approximate surface area is 122 Å². The molecule has 0 fully saturated rings. The molecule has 1 N–H and O–H groups in total. The largest absolute Gasteiger partial charge is 0.417 e. The van der Waals surface area contributed by atoms with Gasteiger partial charge in [0.15, 0.2) is 0 Å². The van der Waals surface area contributed by atoms with Gasteiger partial charge in [-0.3, -0.25) is 0 Å². The van der Waals surface area contributed by atoms with Gasteiger partial charge in [0, 0.05) is 16.5 Å². The fourth-order valence-electron chi connectivity index (χ4n) is 2.34. The van der Waals surface area contributed by atoms with Crippen LogP contribution in [0.1, 0.15) is 5.56 Å². The van der Waals surface area contributed by atoms with Crippen molar-refractivity contribution < 1.29 is 17.6 Å². The number of halogens is 5. The van der Waals surface area contributed by atoms with E-state index in [1.165, 1.54) is 36.4 Å². The van der Waals surface area contributed by atoms with E-state index in [2.05, 4.69) is 4.98 Å². The average Bonchev–Trinajstić information content (AvgIpc) is 2.73. The van der Waals surface area contributed by atoms with Crippen molar-refractivity contribution in [2.24, 2.45) is 0 Å². The van der Waals surface area contributed by atoms with Crippen molar-refractivity contribution >= 4 is 22.5 Å². The van der Waals surface area contributed by atoms with E-state index < -0.39 is 17.6 Å². The molecule has 0 unspecified atom stereocenters. The lowest BCUT2D eigenvalue weighted by Gasteiger charge is -2.12. The molecule has 0 saturated heterocycles. The maximum Gasteiger partial charge on any atom is 0.417 e. The van der Waals surface area contributed by atoms with Crippen molar-refractivity contribution in [1.82, 2.24) is 4.98 Å². The third-order valence-corrected chi connectivity index (χ3v) is 3.50. The molecular weight excluding hydrogens is 306 g/mol. The summed E-state index contributed by atoms with van der Waals surface area (Å²) in [7, 11) is 0. The fourth-order valence-corrected chi connectivity index (χ4v) is 2.65. The maximum atomic E-state index is 13.4. The molecule has 1 heterocycles. The Hall–Kier alpha value is -2.01. The summed E-state index contributed by atoms with van der Waals surface area (Å²) in [5.41, 5.74) is -0.253. The van der Waals surface area contributed by atoms with Crippen LogP contribution in [-0.2, 0) is 6.18 Å². The molecule has 0 atom stereocenters. The Balaban J connectivity index is 2.36. The second kappa shape index (κ2) is 4.77. The minimum atomic E-state index is -4.52. The van der Waals surface area contributed by atoms with Gasteiger partial charge in [-0.1, -0.05) is 29.8 Å². The first kappa shape index (κ1) is 13.9. The molecule has 0 amide bonds. The van der Waals surface area contributed by atoms with E-state index in [0.29, 0.717) is 10.9 Å². The minimum Gasteiger partial charge on any atom is -0.345 e. The van der Waals surface area contributed by atoms with Crippen molar-refractivity contribution in [2.75, 3.05) is 0 Å². The number of nitrogens with one attached hydrogen (secondary N) is 1. The lowest BCUT2D eigenvalue weighted by molar-refractivity contribution is -0.137. The van der Waals surface area contributed by atoms with Gasteiger partial charge in [0.05, 0.1) is 5.56 Å². The van der Waals surface area contributed by atoms with Gasteiger partial charge in [-0.2, -0.15) is 13.2 Å². The highest BCUT2D eigenvalue weighted by molar-refractivity contribution is 6.34. The van der Waals surface area contributed by atoms with Gasteiger partial charge in [-0.15, -0.1) is 0 Å². The lowest BCUT2D eigenvalue weighted by Crippen LogP contribution is -2.06. The van der Waals surface area contributed by atoms with Crippen LogP contribution in [0.3, 0.4) is 0 Å². The van der Waals surface area contributed by atoms with Gasteiger partial charge in [0.1, 0.15) is 11.0 Å². The van der Waals surface area contributed by atoms with E-state index in [1.54, 1.807) is 0 Å². The van der Waals surface area contributed by atoms with Gasteiger partial charge in [-0.05, 0) is 29.8 Å². The number of benzene rings is 2. The predicted molar refractivity (Wildman–Crippen MR) is 73.7 cm³/mol. The summed E-state index contributed by atoms with van der Waals surface area (Å²) in [6.07, 6.45) is -4.52. The van der Waals surface area contributed by atoms with Crippen molar-refractivity contribution in [2.45, 2.75) is 6.18 Å². The SMILES string of the molecule is Fc1ccc2[nH]c(Cl)c(-c3ccccc3C(F)(F)F)c2c1. The van der Waals surface area contributed by atoms with Crippen LogP contribution in [0.5, 0.6) is 0 Å². The van der Waals surface area contributed by atoms with Gasteiger partial charge >= 0.3 is 6.18 Å². The van der Waals surface area contributed by atoms with Crippen LogP contribution in [0.4, 0.5) is 17.6 Å². The fraction of sp³-hybridized carbons (Fsp3) is 0.0667. The van der Waals surface area contributed by atoms with Crippen molar-refractivity contribution in [3.05, 3.63) is 59.0 Å². The van der Waals surface area contributed by atoms with E-state index in [9.17, 15) is 17.6 Å². The molecule has 0 aliphatic carbocycles. The molecule has 21 heavy (non-hydrogen) atoms. The Bertz CT molecular complexity index is 820. The molecular formula is C15H8ClF4N. The van der Waals surface area contributed by atoms with Gasteiger partial charge in [-0.25, -0.2) is 4.39 Å². The van der Waals surface area contributed by atoms with E-state index in [0.717, 1.165) is 6.07 Å². The molecule has 1 aromatic heterocycles. The first-order valence-corrected chi connectivity index (χ1v) is 6.39. The summed E-state index contributed by atoms with van der Waals surface area (Å²) in [6.45, 7) is 0. The van der Waals surface area contributed by atoms with Crippen LogP contribution in [-0.4, -0.2) is 4.98 Å². The lowest BCUT2D eigenvalue weighted by atomic mass is 9.99. The summed E-state index contributed by atoms with van der Waals surface area (Å²) < 4.78 is 52.8. The quantitative estimate of drug-likeness (QED) is 0.559. The van der Waals surface area contributed by atoms with Gasteiger partial charge < -0.3 is 4.98 Å². The molecule has 0 aliphatic heterocycles. The molecule has 0 saturated carbocycles. The summed E-state index contributed by atoms with van der Waals surface area (Å²) in [4.78, 5) is 2.76. The number of fused-ring (bicyclic) bond motifs is 1. The standard InChI is InChI=1S/C15H8ClF4N/c16-14-13(10-7-8(17)5-6-12(10)21-14)9-3-1-2-4-11(9)15(18,19)20/h1-7,21H. The third kappa shape index (κ3) is 2.38. The van der Waals surface area contributed by atoms with Crippen molar-refractivity contribution in [3.63, 3.8) is 0 Å². The van der Waals surface area contributed by atoms with E-state index in [1.807, 2.05) is 0 Å². The molecule has 3 aromatic rings. The van der Waals surface area contributed by atoms with Crippen molar-refractivity contribution in [1.29, 1.82) is 0 Å². The number of hydrogen-bond acceptors (Lipinski definition) is 0. The molecule has 6 heteroatoms. The van der Waals surface area contributed by atoms with Crippen LogP contribution in [0, 0.1) is 5.82 Å². The highest BCUT2D eigenvalue weighted by Gasteiger charge is 2.34. The number of aromatic amines is 1. The Morgan fingerprint density at radius 1 is 1.00 bits per heavy atom. The van der Waals surface area contributed by atoms with Crippen LogP contribution >= 0.6 is 11.6 Å². The average molecular weight is 314 g/mol. The zero-order chi connectivity index (χ0) is 15.2. The molecule has 2 aromatic carbocycles. The van der Waals surface area contributed by atoms with Crippen LogP contribution in [0.25, 0.3) is 22.0 Å². The summed E-state index contributed by atoms with van der Waals surface area (Å²) in [5, 5.41) is 0.365. The second-order valence-electron chi connectivity index (χ2n) is 4.55. The summed E-state index contributed by atoms with van der Waals surface area (Å²) in [5.74, 6) is -0.538. The molecule has 0 bridgehead atoms. The smallest absolute Gasteiger partial charge is 0.345 e. The zero-order valence-corrected chi connectivity index (χ0v) is 11.2. The number of aromatic nitrogens is 1. The molecule has 3 rings (SSSR count). The number of H-pyrrole nitrogens is 1. The summed E-state index contributed by atoms with van der Waals surface area (Å²) >= 11 is 6.03. The minimum absolute atomic E-state index is 0.0484. The van der Waals surface area contributed by atoms with Gasteiger partial charge in [0.25, 0.3) is 0 Å². The number of alkyl halides is 3. The normalized spacial score (nSPS) is 12.0. The monoisotopic (exact) mass is 313 g/mol. The van der Waals surface area contributed by atoms with E-state index in [4.69, 9.17) is 11.6 Å². The molecule has 108 valence electrons. The second-order valence-corrected chi connectivity index (χ2v) is 4.93. The first-order valence-electron chi connectivity index (χ1n) is 6.01. The van der Waals surface area contributed by atoms with Crippen LogP contribution in [0.15, 0.2) is 42.5 Å². The van der Waals surface area contributed by atoms with Crippen LogP contribution in [0.2, 0.25) is 5.15 Å².